The molecule has 2 aromatic carbocycles. The van der Waals surface area contributed by atoms with Crippen LogP contribution < -0.4 is 15.2 Å². The first-order chi connectivity index (χ1) is 14.5. The number of hydrogen-bond acceptors (Lipinski definition) is 6. The molecule has 1 atom stereocenters. The molecule has 0 aliphatic carbocycles. The molecular formula is C23H19FN4O2. The van der Waals surface area contributed by atoms with Crippen molar-refractivity contribution < 1.29 is 13.9 Å². The van der Waals surface area contributed by atoms with Gasteiger partial charge in [0.15, 0.2) is 11.5 Å². The molecule has 7 heteroatoms. The lowest BCUT2D eigenvalue weighted by molar-refractivity contribution is 0.171. The van der Waals surface area contributed by atoms with Crippen LogP contribution >= 0.6 is 0 Å². The molecule has 2 aliphatic heterocycles. The number of rotatable bonds is 3. The molecule has 6 nitrogen and oxygen atoms in total. The Hall–Kier alpha value is -3.74. The Bertz CT molecular complexity index is 1190. The first kappa shape index (κ1) is 18.3. The van der Waals surface area contributed by atoms with Crippen molar-refractivity contribution in [2.45, 2.75) is 12.6 Å². The molecule has 2 aliphatic rings. The van der Waals surface area contributed by atoms with Crippen molar-refractivity contribution in [3.63, 3.8) is 0 Å². The number of halogens is 1. The molecule has 2 N–H and O–H groups in total. The van der Waals surface area contributed by atoms with Crippen molar-refractivity contribution in [1.82, 2.24) is 4.98 Å². The number of nitrogens with zero attached hydrogens (tertiary/aromatic N) is 3. The molecule has 0 saturated heterocycles. The van der Waals surface area contributed by atoms with Gasteiger partial charge < -0.3 is 15.2 Å². The Labute approximate surface area is 172 Å². The molecule has 1 aromatic heterocycles. The molecule has 0 saturated carbocycles. The van der Waals surface area contributed by atoms with Gasteiger partial charge in [-0.3, -0.25) is 4.98 Å². The van der Waals surface area contributed by atoms with Gasteiger partial charge in [0.2, 0.25) is 5.66 Å². The van der Waals surface area contributed by atoms with Crippen LogP contribution in [0.4, 0.5) is 4.39 Å². The van der Waals surface area contributed by atoms with Crippen molar-refractivity contribution in [2.24, 2.45) is 15.7 Å². The van der Waals surface area contributed by atoms with Crippen molar-refractivity contribution in [3.8, 4) is 22.6 Å². The summed E-state index contributed by atoms with van der Waals surface area (Å²) in [7, 11) is 0. The molecule has 0 spiro atoms. The minimum Gasteiger partial charge on any atom is -0.486 e. The molecule has 0 bridgehead atoms. The van der Waals surface area contributed by atoms with Gasteiger partial charge >= 0.3 is 0 Å². The van der Waals surface area contributed by atoms with E-state index in [4.69, 9.17) is 25.2 Å². The van der Waals surface area contributed by atoms with E-state index in [1.54, 1.807) is 6.20 Å². The number of amidine groups is 1. The summed E-state index contributed by atoms with van der Waals surface area (Å²) in [5, 5.41) is 0. The van der Waals surface area contributed by atoms with Gasteiger partial charge in [0.25, 0.3) is 0 Å². The number of benzene rings is 2. The van der Waals surface area contributed by atoms with Crippen LogP contribution in [0.5, 0.6) is 11.5 Å². The smallest absolute Gasteiger partial charge is 0.204 e. The first-order valence-corrected chi connectivity index (χ1v) is 9.59. The number of aromatic nitrogens is 1. The minimum absolute atomic E-state index is 0.378. The summed E-state index contributed by atoms with van der Waals surface area (Å²) in [6.07, 6.45) is 2.80. The zero-order valence-corrected chi connectivity index (χ0v) is 16.3. The molecule has 0 fully saturated rings. The Morgan fingerprint density at radius 2 is 1.70 bits per heavy atom. The highest BCUT2D eigenvalue weighted by Crippen LogP contribution is 2.43. The van der Waals surface area contributed by atoms with Gasteiger partial charge in [-0.05, 0) is 36.8 Å². The number of ether oxygens (including phenoxy) is 2. The second kappa shape index (κ2) is 6.95. The van der Waals surface area contributed by atoms with E-state index >= 15 is 0 Å². The quantitative estimate of drug-likeness (QED) is 0.724. The third-order valence-electron chi connectivity index (χ3n) is 5.23. The molecule has 150 valence electrons. The van der Waals surface area contributed by atoms with Gasteiger partial charge in [-0.1, -0.05) is 24.3 Å². The monoisotopic (exact) mass is 402 g/mol. The fourth-order valence-electron chi connectivity index (χ4n) is 3.75. The summed E-state index contributed by atoms with van der Waals surface area (Å²) >= 11 is 0. The zero-order valence-electron chi connectivity index (χ0n) is 16.3. The van der Waals surface area contributed by atoms with Crippen LogP contribution in [0.1, 0.15) is 18.1 Å². The van der Waals surface area contributed by atoms with E-state index in [2.05, 4.69) is 4.98 Å². The Kier molecular flexibility index (Phi) is 4.24. The third kappa shape index (κ3) is 2.99. The maximum absolute atomic E-state index is 13.7. The van der Waals surface area contributed by atoms with Crippen LogP contribution in [-0.4, -0.2) is 29.7 Å². The zero-order chi connectivity index (χ0) is 20.7. The number of pyridine rings is 1. The fourth-order valence-corrected chi connectivity index (χ4v) is 3.75. The van der Waals surface area contributed by atoms with Gasteiger partial charge in [-0.25, -0.2) is 14.4 Å². The van der Waals surface area contributed by atoms with E-state index in [-0.39, 0.29) is 0 Å². The van der Waals surface area contributed by atoms with Crippen LogP contribution in [-0.2, 0) is 5.66 Å². The second-order valence-corrected chi connectivity index (χ2v) is 7.20. The SMILES string of the molecule is CC1=NC(c2cccc(-c3cncc(F)c3)c2)(c2ccc3c(c2)OCCO3)N=C1N. The van der Waals surface area contributed by atoms with Crippen LogP contribution in [0.25, 0.3) is 11.1 Å². The van der Waals surface area contributed by atoms with Crippen molar-refractivity contribution in [3.05, 3.63) is 77.9 Å². The molecule has 0 amide bonds. The predicted octanol–water partition coefficient (Wildman–Crippen LogP) is 3.69. The minimum atomic E-state index is -1.05. The molecular weight excluding hydrogens is 383 g/mol. The van der Waals surface area contributed by atoms with Gasteiger partial charge in [-0.15, -0.1) is 0 Å². The number of hydrogen-bond donors (Lipinski definition) is 1. The van der Waals surface area contributed by atoms with Gasteiger partial charge in [0.1, 0.15) is 24.9 Å². The van der Waals surface area contributed by atoms with E-state index in [1.165, 1.54) is 12.3 Å². The van der Waals surface area contributed by atoms with Crippen LogP contribution in [0.15, 0.2) is 70.9 Å². The summed E-state index contributed by atoms with van der Waals surface area (Å²) in [5.41, 5.74) is 8.83. The highest BCUT2D eigenvalue weighted by atomic mass is 19.1. The highest BCUT2D eigenvalue weighted by Gasteiger charge is 2.39. The Balaban J connectivity index is 1.68. The largest absolute Gasteiger partial charge is 0.486 e. The fraction of sp³-hybridized carbons (Fsp3) is 0.174. The summed E-state index contributed by atoms with van der Waals surface area (Å²) in [4.78, 5) is 13.5. The number of fused-ring (bicyclic) bond motifs is 1. The topological polar surface area (TPSA) is 82.1 Å². The normalized spacial score (nSPS) is 19.9. The number of nitrogens with two attached hydrogens (primary N) is 1. The summed E-state index contributed by atoms with van der Waals surface area (Å²) < 4.78 is 25.1. The molecule has 30 heavy (non-hydrogen) atoms. The first-order valence-electron chi connectivity index (χ1n) is 9.59. The van der Waals surface area contributed by atoms with Crippen LogP contribution in [0, 0.1) is 5.82 Å². The van der Waals surface area contributed by atoms with Gasteiger partial charge in [0.05, 0.1) is 11.9 Å². The molecule has 3 heterocycles. The Morgan fingerprint density at radius 1 is 0.900 bits per heavy atom. The van der Waals surface area contributed by atoms with E-state index in [9.17, 15) is 4.39 Å². The maximum Gasteiger partial charge on any atom is 0.204 e. The van der Waals surface area contributed by atoms with Crippen molar-refractivity contribution >= 4 is 11.5 Å². The predicted molar refractivity (Wildman–Crippen MR) is 113 cm³/mol. The molecule has 5 rings (SSSR count). The average molecular weight is 402 g/mol. The molecule has 3 aromatic rings. The summed E-state index contributed by atoms with van der Waals surface area (Å²) in [6.45, 7) is 2.84. The Morgan fingerprint density at radius 3 is 2.47 bits per heavy atom. The van der Waals surface area contributed by atoms with Crippen molar-refractivity contribution in [2.75, 3.05) is 13.2 Å². The highest BCUT2D eigenvalue weighted by molar-refractivity contribution is 6.41. The van der Waals surface area contributed by atoms with E-state index in [0.717, 1.165) is 16.7 Å². The summed E-state index contributed by atoms with van der Waals surface area (Å²) in [6, 6.07) is 14.8. The molecule has 1 unspecified atom stereocenters. The second-order valence-electron chi connectivity index (χ2n) is 7.20. The lowest BCUT2D eigenvalue weighted by Gasteiger charge is -2.27. The lowest BCUT2D eigenvalue weighted by Crippen LogP contribution is -2.23. The average Bonchev–Trinajstić information content (AvgIpc) is 3.09. The van der Waals surface area contributed by atoms with Crippen molar-refractivity contribution in [1.29, 1.82) is 0 Å². The van der Waals surface area contributed by atoms with E-state index < -0.39 is 11.5 Å². The standard InChI is InChI=1S/C23H19FN4O2/c1-14-22(25)28-23(27-14,18-5-6-20-21(11-18)30-8-7-29-20)17-4-2-3-15(9-17)16-10-19(24)13-26-12-16/h2-6,9-13H,7-8H2,1H3,(H2,25,28). The van der Waals surface area contributed by atoms with E-state index in [0.29, 0.717) is 41.8 Å². The maximum atomic E-state index is 13.7. The number of aliphatic imine (C=N–C) groups is 2. The van der Waals surface area contributed by atoms with Gasteiger partial charge in [-0.2, -0.15) is 0 Å². The third-order valence-corrected chi connectivity index (χ3v) is 5.23. The molecule has 0 radical (unpaired) electrons. The van der Waals surface area contributed by atoms with Gasteiger partial charge in [0, 0.05) is 22.9 Å². The van der Waals surface area contributed by atoms with E-state index in [1.807, 2.05) is 49.4 Å². The van der Waals surface area contributed by atoms with Crippen LogP contribution in [0.2, 0.25) is 0 Å². The van der Waals surface area contributed by atoms with Crippen LogP contribution in [0.3, 0.4) is 0 Å². The summed E-state index contributed by atoms with van der Waals surface area (Å²) in [5.74, 6) is 1.33. The lowest BCUT2D eigenvalue weighted by atomic mass is 9.90.